The number of sulfone groups is 1. The van der Waals surface area contributed by atoms with Crippen LogP contribution in [0.2, 0.25) is 0 Å². The van der Waals surface area contributed by atoms with E-state index in [-0.39, 0.29) is 25.3 Å². The first-order valence-electron chi connectivity index (χ1n) is 23.7. The van der Waals surface area contributed by atoms with Crippen LogP contribution in [0.15, 0.2) is 0 Å². The Bertz CT molecular complexity index is 2120. The molecule has 0 aromatic heterocycles. The molecule has 3 aliphatic heterocycles. The average molecular weight is 1010 g/mol. The van der Waals surface area contributed by atoms with Crippen molar-refractivity contribution in [1.82, 2.24) is 63.0 Å². The third-order valence-electron chi connectivity index (χ3n) is 12.9. The molecule has 26 nitrogen and oxygen atoms in total. The van der Waals surface area contributed by atoms with Crippen LogP contribution >= 0.6 is 0 Å². The fourth-order valence-electron chi connectivity index (χ4n) is 8.90. The van der Waals surface area contributed by atoms with E-state index in [9.17, 15) is 66.0 Å². The maximum absolute atomic E-state index is 14.9. The summed E-state index contributed by atoms with van der Waals surface area (Å²) in [4.78, 5) is 161. The summed E-state index contributed by atoms with van der Waals surface area (Å²) < 4.78 is 25.0. The zero-order valence-corrected chi connectivity index (χ0v) is 40.8. The number of nitrogens with one attached hydrogen (secondary N) is 10. The molecule has 6 atom stereocenters. The number of amides is 12. The number of fused-ring (bicyclic) bond motifs is 1. The van der Waals surface area contributed by atoms with Crippen molar-refractivity contribution < 1.29 is 66.0 Å². The minimum atomic E-state index is -3.75. The lowest BCUT2D eigenvalue weighted by molar-refractivity contribution is -0.143. The van der Waals surface area contributed by atoms with E-state index in [1.54, 1.807) is 0 Å². The number of nitrogens with zero attached hydrogens (tertiary/aromatic N) is 2. The van der Waals surface area contributed by atoms with Crippen LogP contribution in [-0.4, -0.2) is 190 Å². The van der Waals surface area contributed by atoms with E-state index >= 15 is 0 Å². The van der Waals surface area contributed by atoms with Gasteiger partial charge in [-0.2, -0.15) is 0 Å². The highest BCUT2D eigenvalue weighted by Crippen LogP contribution is 2.42. The Labute approximate surface area is 406 Å². The van der Waals surface area contributed by atoms with Crippen LogP contribution in [0.5, 0.6) is 0 Å². The van der Waals surface area contributed by atoms with Crippen molar-refractivity contribution >= 4 is 80.7 Å². The van der Waals surface area contributed by atoms with Gasteiger partial charge in [0.25, 0.3) is 0 Å². The topological polar surface area (TPSA) is 366 Å². The van der Waals surface area contributed by atoms with Gasteiger partial charge in [-0.05, 0) is 63.2 Å². The number of carbonyl (C=O) groups excluding carboxylic acids is 12. The molecule has 12 amide bonds. The molecule has 3 saturated heterocycles. The molecule has 0 aromatic carbocycles. The van der Waals surface area contributed by atoms with E-state index in [1.165, 1.54) is 9.80 Å². The van der Waals surface area contributed by atoms with Gasteiger partial charge in [-0.25, -0.2) is 8.42 Å². The Hall–Kier alpha value is -6.41. The number of likely N-dealkylation sites (tertiary alicyclic amines) is 1. The van der Waals surface area contributed by atoms with Gasteiger partial charge in [0.2, 0.25) is 70.9 Å². The third kappa shape index (κ3) is 17.2. The van der Waals surface area contributed by atoms with E-state index < -0.39 is 175 Å². The highest BCUT2D eigenvalue weighted by atomic mass is 32.2. The maximum atomic E-state index is 14.9. The SMILES string of the molecule is CC[C@H](C)C1CCCC12NC(=O)C1CCCN1C(=O)CNC(=O)CNC(=O)CNC(=O)CNC(=O)CNC(=O)CNC(=O)CNC(=O)CC(C(=O)N1CCCCC1)NC(=O)C(CCS(C)(=O)=O)NC2=O. The lowest BCUT2D eigenvalue weighted by Crippen LogP contribution is -2.67. The van der Waals surface area contributed by atoms with E-state index in [2.05, 4.69) is 53.2 Å². The predicted octanol–water partition coefficient (Wildman–Crippen LogP) is -5.69. The fraction of sp³-hybridized carbons (Fsp3) is 0.721. The Morgan fingerprint density at radius 1 is 0.629 bits per heavy atom. The predicted molar refractivity (Wildman–Crippen MR) is 247 cm³/mol. The monoisotopic (exact) mass is 1010 g/mol. The molecule has 3 heterocycles. The van der Waals surface area contributed by atoms with Crippen molar-refractivity contribution in [3.05, 3.63) is 0 Å². The molecular formula is C43H68N12O14S. The maximum Gasteiger partial charge on any atom is 0.246 e. The molecular weight excluding hydrogens is 941 g/mol. The first-order valence-corrected chi connectivity index (χ1v) is 25.7. The summed E-state index contributed by atoms with van der Waals surface area (Å²) in [7, 11) is -3.75. The highest BCUT2D eigenvalue weighted by Gasteiger charge is 2.53. The third-order valence-corrected chi connectivity index (χ3v) is 13.8. The van der Waals surface area contributed by atoms with Gasteiger partial charge in [-0.15, -0.1) is 0 Å². The summed E-state index contributed by atoms with van der Waals surface area (Å²) in [6, 6.07) is -4.21. The second-order valence-electron chi connectivity index (χ2n) is 18.1. The van der Waals surface area contributed by atoms with Gasteiger partial charge >= 0.3 is 0 Å². The van der Waals surface area contributed by atoms with Crippen LogP contribution in [0, 0.1) is 11.8 Å². The number of hydrogen-bond donors (Lipinski definition) is 10. The van der Waals surface area contributed by atoms with Crippen LogP contribution in [0.1, 0.15) is 84.5 Å². The van der Waals surface area contributed by atoms with E-state index in [0.29, 0.717) is 51.6 Å². The Kier molecular flexibility index (Phi) is 21.3. The normalized spacial score (nSPS) is 27.2. The highest BCUT2D eigenvalue weighted by molar-refractivity contribution is 7.90. The lowest BCUT2D eigenvalue weighted by atomic mass is 9.76. The molecule has 1 aliphatic carbocycles. The largest absolute Gasteiger partial charge is 0.347 e. The van der Waals surface area contributed by atoms with Crippen molar-refractivity contribution in [3.63, 3.8) is 0 Å². The number of piperidine rings is 1. The molecule has 0 aromatic rings. The van der Waals surface area contributed by atoms with Crippen molar-refractivity contribution in [1.29, 1.82) is 0 Å². The smallest absolute Gasteiger partial charge is 0.246 e. The van der Waals surface area contributed by atoms with Gasteiger partial charge < -0.3 is 63.0 Å². The van der Waals surface area contributed by atoms with Gasteiger partial charge in [-0.1, -0.05) is 26.7 Å². The van der Waals surface area contributed by atoms with Gasteiger partial charge in [-0.3, -0.25) is 57.5 Å². The summed E-state index contributed by atoms with van der Waals surface area (Å²) in [6.07, 6.45) is 4.25. The lowest BCUT2D eigenvalue weighted by Gasteiger charge is -2.40. The number of rotatable bonds is 6. The van der Waals surface area contributed by atoms with Crippen molar-refractivity contribution in [2.45, 2.75) is 108 Å². The fourth-order valence-corrected chi connectivity index (χ4v) is 9.56. The second-order valence-corrected chi connectivity index (χ2v) is 20.4. The Balaban J connectivity index is 1.63. The number of carbonyl (C=O) groups is 12. The molecule has 70 heavy (non-hydrogen) atoms. The molecule has 27 heteroatoms. The van der Waals surface area contributed by atoms with Crippen LogP contribution in [0.25, 0.3) is 0 Å². The Morgan fingerprint density at radius 3 is 1.63 bits per heavy atom. The van der Waals surface area contributed by atoms with E-state index in [4.69, 9.17) is 0 Å². The average Bonchev–Trinajstić information content (AvgIpc) is 4.01. The van der Waals surface area contributed by atoms with Gasteiger partial charge in [0.1, 0.15) is 33.5 Å². The minimum Gasteiger partial charge on any atom is -0.347 e. The zero-order valence-electron chi connectivity index (χ0n) is 40.0. The van der Waals surface area contributed by atoms with Crippen molar-refractivity contribution in [2.24, 2.45) is 11.8 Å². The summed E-state index contributed by atoms with van der Waals surface area (Å²) in [5.74, 6) is -10.6. The van der Waals surface area contributed by atoms with Crippen LogP contribution in [0.4, 0.5) is 0 Å². The molecule has 0 radical (unpaired) electrons. The second kappa shape index (κ2) is 26.5. The van der Waals surface area contributed by atoms with E-state index in [0.717, 1.165) is 12.7 Å². The molecule has 5 unspecified atom stereocenters. The molecule has 0 bridgehead atoms. The standard InChI is InChI=1S/C43H68N12O14S/c1-4-26(2)27-10-8-13-43(27)42(67)52-28(12-17-70(3,68)69)39(64)51-29(41(66)54-14-6-5-7-15-54)18-31(56)44-19-32(57)45-20-33(58)46-21-34(59)47-22-35(60)48-23-36(61)49-24-37(62)50-25-38(63)55-16-9-11-30(55)40(65)53-43/h26-30H,4-25H2,1-3H3,(H,44,56)(H,45,57)(H,46,58)(H,47,59)(H,48,60)(H,49,61)(H,50,62)(H,51,64)(H,52,67)(H,53,65)/t26-,27?,28?,29?,30?,43?/m0/s1. The summed E-state index contributed by atoms with van der Waals surface area (Å²) in [5, 5.41) is 24.1. The zero-order chi connectivity index (χ0) is 51.6. The van der Waals surface area contributed by atoms with Crippen LogP contribution in [0.3, 0.4) is 0 Å². The summed E-state index contributed by atoms with van der Waals surface area (Å²) in [6.45, 7) is 0.421. The summed E-state index contributed by atoms with van der Waals surface area (Å²) in [5.41, 5.74) is -1.64. The van der Waals surface area contributed by atoms with Gasteiger partial charge in [0.05, 0.1) is 58.0 Å². The quantitative estimate of drug-likeness (QED) is 0.119. The first kappa shape index (κ1) is 56.2. The van der Waals surface area contributed by atoms with Gasteiger partial charge in [0, 0.05) is 25.9 Å². The molecule has 4 rings (SSSR count). The minimum absolute atomic E-state index is 0.122. The molecule has 4 fully saturated rings. The first-order chi connectivity index (χ1) is 33.1. The molecule has 4 aliphatic rings. The van der Waals surface area contributed by atoms with Gasteiger partial charge in [0.15, 0.2) is 0 Å². The number of hydrogen-bond acceptors (Lipinski definition) is 14. The molecule has 1 saturated carbocycles. The molecule has 10 N–H and O–H groups in total. The van der Waals surface area contributed by atoms with E-state index in [1.807, 2.05) is 13.8 Å². The Morgan fingerprint density at radius 2 is 1.13 bits per heavy atom. The summed E-state index contributed by atoms with van der Waals surface area (Å²) >= 11 is 0. The molecule has 1 spiro atoms. The van der Waals surface area contributed by atoms with Crippen molar-refractivity contribution in [2.75, 3.05) is 77.5 Å². The van der Waals surface area contributed by atoms with Crippen LogP contribution < -0.4 is 53.2 Å². The van der Waals surface area contributed by atoms with Crippen LogP contribution in [-0.2, 0) is 67.4 Å². The van der Waals surface area contributed by atoms with Crippen molar-refractivity contribution in [3.8, 4) is 0 Å². The molecule has 390 valence electrons.